The van der Waals surface area contributed by atoms with Crippen molar-refractivity contribution in [1.29, 1.82) is 0 Å². The number of hydrogen-bond donors (Lipinski definition) is 0. The number of carbonyl (C=O) groups excluding carboxylic acids is 1. The standard InChI is InChI=1S/C16H23N3O3/c1-17(2)15-10-9-13(19(21)22)11-14(15)16(20)18(3)12-7-5-4-6-8-12/h9-12H,4-8H2,1-3H3. The van der Waals surface area contributed by atoms with Crippen LogP contribution < -0.4 is 4.90 Å². The zero-order valence-corrected chi connectivity index (χ0v) is 13.4. The van der Waals surface area contributed by atoms with Gasteiger partial charge in [0.2, 0.25) is 0 Å². The Morgan fingerprint density at radius 2 is 1.82 bits per heavy atom. The first-order valence-corrected chi connectivity index (χ1v) is 7.64. The smallest absolute Gasteiger partial charge is 0.270 e. The highest BCUT2D eigenvalue weighted by atomic mass is 16.6. The predicted octanol–water partition coefficient (Wildman–Crippen LogP) is 3.07. The van der Waals surface area contributed by atoms with Gasteiger partial charge in [-0.25, -0.2) is 0 Å². The molecule has 0 heterocycles. The van der Waals surface area contributed by atoms with Crippen LogP contribution >= 0.6 is 0 Å². The molecule has 22 heavy (non-hydrogen) atoms. The summed E-state index contributed by atoms with van der Waals surface area (Å²) in [5.74, 6) is -0.140. The molecule has 1 saturated carbocycles. The molecule has 0 radical (unpaired) electrons. The maximum atomic E-state index is 12.8. The summed E-state index contributed by atoms with van der Waals surface area (Å²) in [4.78, 5) is 26.9. The summed E-state index contributed by atoms with van der Waals surface area (Å²) in [5.41, 5.74) is 1.05. The Morgan fingerprint density at radius 1 is 1.18 bits per heavy atom. The fourth-order valence-corrected chi connectivity index (χ4v) is 3.02. The van der Waals surface area contributed by atoms with Crippen molar-refractivity contribution in [3.05, 3.63) is 33.9 Å². The van der Waals surface area contributed by atoms with Crippen molar-refractivity contribution in [2.24, 2.45) is 0 Å². The lowest BCUT2D eigenvalue weighted by Crippen LogP contribution is -2.38. The van der Waals surface area contributed by atoms with Crippen molar-refractivity contribution in [3.8, 4) is 0 Å². The maximum absolute atomic E-state index is 12.8. The second-order valence-electron chi connectivity index (χ2n) is 6.06. The van der Waals surface area contributed by atoms with E-state index in [2.05, 4.69) is 0 Å². The number of benzene rings is 1. The minimum absolute atomic E-state index is 0.0500. The van der Waals surface area contributed by atoms with E-state index in [-0.39, 0.29) is 17.6 Å². The number of amides is 1. The molecule has 0 saturated heterocycles. The fourth-order valence-electron chi connectivity index (χ4n) is 3.02. The molecule has 1 fully saturated rings. The quantitative estimate of drug-likeness (QED) is 0.633. The number of rotatable bonds is 4. The summed E-state index contributed by atoms with van der Waals surface area (Å²) in [6, 6.07) is 4.69. The van der Waals surface area contributed by atoms with Crippen molar-refractivity contribution in [2.75, 3.05) is 26.0 Å². The van der Waals surface area contributed by atoms with Crippen LogP contribution in [0, 0.1) is 10.1 Å². The van der Waals surface area contributed by atoms with E-state index in [1.807, 2.05) is 19.0 Å². The van der Waals surface area contributed by atoms with Crippen LogP contribution in [0.2, 0.25) is 0 Å². The monoisotopic (exact) mass is 305 g/mol. The van der Waals surface area contributed by atoms with Gasteiger partial charge in [-0.3, -0.25) is 14.9 Å². The van der Waals surface area contributed by atoms with Crippen LogP contribution in [0.15, 0.2) is 18.2 Å². The number of nitro benzene ring substituents is 1. The Labute approximate surface area is 130 Å². The third kappa shape index (κ3) is 3.37. The molecule has 0 unspecified atom stereocenters. The lowest BCUT2D eigenvalue weighted by molar-refractivity contribution is -0.384. The zero-order valence-electron chi connectivity index (χ0n) is 13.4. The lowest BCUT2D eigenvalue weighted by Gasteiger charge is -2.32. The van der Waals surface area contributed by atoms with Crippen molar-refractivity contribution in [2.45, 2.75) is 38.1 Å². The summed E-state index contributed by atoms with van der Waals surface area (Å²) in [6.07, 6.45) is 5.51. The van der Waals surface area contributed by atoms with E-state index < -0.39 is 4.92 Å². The number of nitro groups is 1. The highest BCUT2D eigenvalue weighted by Gasteiger charge is 2.26. The van der Waals surface area contributed by atoms with E-state index >= 15 is 0 Å². The fraction of sp³-hybridized carbons (Fsp3) is 0.562. The van der Waals surface area contributed by atoms with Crippen LogP contribution in [-0.2, 0) is 0 Å². The van der Waals surface area contributed by atoms with Crippen molar-refractivity contribution < 1.29 is 9.72 Å². The van der Waals surface area contributed by atoms with E-state index in [1.54, 1.807) is 18.0 Å². The van der Waals surface area contributed by atoms with Gasteiger partial charge in [-0.05, 0) is 18.9 Å². The number of nitrogens with zero attached hydrogens (tertiary/aromatic N) is 3. The first-order chi connectivity index (χ1) is 10.4. The molecule has 1 aromatic rings. The molecular weight excluding hydrogens is 282 g/mol. The molecule has 6 nitrogen and oxygen atoms in total. The van der Waals surface area contributed by atoms with Crippen molar-refractivity contribution in [3.63, 3.8) is 0 Å². The third-order valence-electron chi connectivity index (χ3n) is 4.35. The lowest BCUT2D eigenvalue weighted by atomic mass is 9.94. The summed E-state index contributed by atoms with van der Waals surface area (Å²) < 4.78 is 0. The van der Waals surface area contributed by atoms with Crippen molar-refractivity contribution in [1.82, 2.24) is 4.90 Å². The summed E-state index contributed by atoms with van der Waals surface area (Å²) in [5, 5.41) is 11.0. The molecule has 1 aliphatic carbocycles. The van der Waals surface area contributed by atoms with E-state index in [4.69, 9.17) is 0 Å². The van der Waals surface area contributed by atoms with E-state index in [0.717, 1.165) is 25.7 Å². The molecule has 1 aliphatic rings. The van der Waals surface area contributed by atoms with Crippen LogP contribution in [0.25, 0.3) is 0 Å². The topological polar surface area (TPSA) is 66.7 Å². The predicted molar refractivity (Wildman–Crippen MR) is 86.4 cm³/mol. The third-order valence-corrected chi connectivity index (χ3v) is 4.35. The van der Waals surface area contributed by atoms with Gasteiger partial charge in [-0.2, -0.15) is 0 Å². The SMILES string of the molecule is CN(C)c1ccc([N+](=O)[O-])cc1C(=O)N(C)C1CCCCC1. The second kappa shape index (κ2) is 6.77. The Hall–Kier alpha value is -2.11. The van der Waals surface area contributed by atoms with Crippen LogP contribution in [-0.4, -0.2) is 42.9 Å². The van der Waals surface area contributed by atoms with Gasteiger partial charge in [0.25, 0.3) is 11.6 Å². The zero-order chi connectivity index (χ0) is 16.3. The molecule has 0 aromatic heterocycles. The summed E-state index contributed by atoms with van der Waals surface area (Å²) in [7, 11) is 5.47. The molecule has 0 aliphatic heterocycles. The molecule has 1 amide bonds. The van der Waals surface area contributed by atoms with Crippen molar-refractivity contribution >= 4 is 17.3 Å². The maximum Gasteiger partial charge on any atom is 0.270 e. The molecule has 2 rings (SSSR count). The molecule has 0 bridgehead atoms. The first kappa shape index (κ1) is 16.3. The van der Waals surface area contributed by atoms with Crippen LogP contribution in [0.4, 0.5) is 11.4 Å². The minimum atomic E-state index is -0.461. The van der Waals surface area contributed by atoms with Gasteiger partial charge in [0.15, 0.2) is 0 Å². The van der Waals surface area contributed by atoms with Crippen LogP contribution in [0.1, 0.15) is 42.5 Å². The van der Waals surface area contributed by atoms with Gasteiger partial charge in [0, 0.05) is 45.0 Å². The Balaban J connectivity index is 2.33. The van der Waals surface area contributed by atoms with E-state index in [0.29, 0.717) is 11.3 Å². The Bertz CT molecular complexity index is 566. The highest BCUT2D eigenvalue weighted by molar-refractivity contribution is 6.00. The molecule has 1 aromatic carbocycles. The number of non-ortho nitro benzene ring substituents is 1. The Kier molecular flexibility index (Phi) is 5.00. The largest absolute Gasteiger partial charge is 0.377 e. The molecule has 0 atom stereocenters. The van der Waals surface area contributed by atoms with Crippen LogP contribution in [0.3, 0.4) is 0 Å². The summed E-state index contributed by atoms with van der Waals surface area (Å²) in [6.45, 7) is 0. The molecule has 6 heteroatoms. The Morgan fingerprint density at radius 3 is 2.36 bits per heavy atom. The second-order valence-corrected chi connectivity index (χ2v) is 6.06. The number of hydrogen-bond acceptors (Lipinski definition) is 4. The minimum Gasteiger partial charge on any atom is -0.377 e. The van der Waals surface area contributed by atoms with Gasteiger partial charge in [0.05, 0.1) is 10.5 Å². The highest BCUT2D eigenvalue weighted by Crippen LogP contribution is 2.28. The molecule has 120 valence electrons. The number of anilines is 1. The first-order valence-electron chi connectivity index (χ1n) is 7.64. The summed E-state index contributed by atoms with van der Waals surface area (Å²) >= 11 is 0. The van der Waals surface area contributed by atoms with E-state index in [1.165, 1.54) is 18.6 Å². The number of carbonyl (C=O) groups is 1. The van der Waals surface area contributed by atoms with E-state index in [9.17, 15) is 14.9 Å². The normalized spacial score (nSPS) is 15.4. The average Bonchev–Trinajstić information content (AvgIpc) is 2.53. The molecular formula is C16H23N3O3. The molecule has 0 N–H and O–H groups in total. The van der Waals surface area contributed by atoms with Crippen LogP contribution in [0.5, 0.6) is 0 Å². The van der Waals surface area contributed by atoms with Gasteiger partial charge < -0.3 is 9.80 Å². The van der Waals surface area contributed by atoms with Gasteiger partial charge in [-0.15, -0.1) is 0 Å². The van der Waals surface area contributed by atoms with Gasteiger partial charge in [-0.1, -0.05) is 19.3 Å². The van der Waals surface area contributed by atoms with Gasteiger partial charge >= 0.3 is 0 Å². The molecule has 0 spiro atoms. The average molecular weight is 305 g/mol. The van der Waals surface area contributed by atoms with Gasteiger partial charge in [0.1, 0.15) is 0 Å².